The minimum absolute atomic E-state index is 0.139. The highest BCUT2D eigenvalue weighted by Crippen LogP contribution is 2.32. The van der Waals surface area contributed by atoms with E-state index in [4.69, 9.17) is 21.4 Å². The first-order chi connectivity index (χ1) is 10.1. The van der Waals surface area contributed by atoms with Crippen LogP contribution >= 0.6 is 24.0 Å². The smallest absolute Gasteiger partial charge is 0.307 e. The Hall–Kier alpha value is -1.60. The van der Waals surface area contributed by atoms with Gasteiger partial charge < -0.3 is 9.15 Å². The van der Waals surface area contributed by atoms with Crippen LogP contribution in [0.2, 0.25) is 0 Å². The SMILES string of the molecule is CCCOC(=O)CCN1C(=O)/C(=C/c2ccco2)SC1=S. The molecule has 0 N–H and O–H groups in total. The van der Waals surface area contributed by atoms with Gasteiger partial charge in [-0.1, -0.05) is 30.9 Å². The van der Waals surface area contributed by atoms with E-state index in [9.17, 15) is 9.59 Å². The van der Waals surface area contributed by atoms with Gasteiger partial charge in [-0.15, -0.1) is 0 Å². The van der Waals surface area contributed by atoms with E-state index in [0.717, 1.165) is 6.42 Å². The maximum absolute atomic E-state index is 12.2. The third-order valence-corrected chi connectivity index (χ3v) is 4.07. The number of amides is 1. The number of furan rings is 1. The van der Waals surface area contributed by atoms with Crippen molar-refractivity contribution in [3.05, 3.63) is 29.1 Å². The summed E-state index contributed by atoms with van der Waals surface area (Å²) in [6.45, 7) is 2.56. The molecule has 0 unspecified atom stereocenters. The maximum Gasteiger partial charge on any atom is 0.307 e. The summed E-state index contributed by atoms with van der Waals surface area (Å²) in [5.41, 5.74) is 0. The average Bonchev–Trinajstić information content (AvgIpc) is 3.05. The number of hydrogen-bond donors (Lipinski definition) is 0. The molecule has 0 saturated carbocycles. The van der Waals surface area contributed by atoms with Crippen LogP contribution in [-0.2, 0) is 14.3 Å². The fourth-order valence-electron chi connectivity index (χ4n) is 1.69. The van der Waals surface area contributed by atoms with Gasteiger partial charge in [0.25, 0.3) is 5.91 Å². The van der Waals surface area contributed by atoms with Crippen molar-refractivity contribution in [2.45, 2.75) is 19.8 Å². The second-order valence-electron chi connectivity index (χ2n) is 4.32. The van der Waals surface area contributed by atoms with E-state index in [1.807, 2.05) is 6.92 Å². The Labute approximate surface area is 132 Å². The standard InChI is InChI=1S/C14H15NO4S2/c1-2-7-19-12(16)5-6-15-13(17)11(21-14(15)20)9-10-4-3-8-18-10/h3-4,8-9H,2,5-7H2,1H3/b11-9-. The van der Waals surface area contributed by atoms with Crippen LogP contribution in [0.25, 0.3) is 6.08 Å². The monoisotopic (exact) mass is 325 g/mol. The second-order valence-corrected chi connectivity index (χ2v) is 6.00. The normalized spacial score (nSPS) is 16.8. The second kappa shape index (κ2) is 7.42. The van der Waals surface area contributed by atoms with Crippen LogP contribution in [0.4, 0.5) is 0 Å². The minimum Gasteiger partial charge on any atom is -0.466 e. The summed E-state index contributed by atoms with van der Waals surface area (Å²) in [4.78, 5) is 25.6. The highest BCUT2D eigenvalue weighted by molar-refractivity contribution is 8.26. The lowest BCUT2D eigenvalue weighted by Gasteiger charge is -2.13. The molecule has 5 nitrogen and oxygen atoms in total. The van der Waals surface area contributed by atoms with Gasteiger partial charge in [-0.25, -0.2) is 0 Å². The molecule has 21 heavy (non-hydrogen) atoms. The molecule has 1 aromatic heterocycles. The molecule has 0 aliphatic carbocycles. The average molecular weight is 325 g/mol. The first-order valence-corrected chi connectivity index (χ1v) is 7.78. The summed E-state index contributed by atoms with van der Waals surface area (Å²) in [5, 5.41) is 0. The Bertz CT molecular complexity index is 566. The van der Waals surface area contributed by atoms with Crippen LogP contribution in [0.15, 0.2) is 27.7 Å². The first kappa shape index (κ1) is 15.8. The minimum atomic E-state index is -0.319. The number of carbonyl (C=O) groups excluding carboxylic acids is 2. The van der Waals surface area contributed by atoms with Crippen LogP contribution in [0.1, 0.15) is 25.5 Å². The van der Waals surface area contributed by atoms with E-state index in [1.165, 1.54) is 22.9 Å². The van der Waals surface area contributed by atoms with E-state index in [-0.39, 0.29) is 24.8 Å². The van der Waals surface area contributed by atoms with E-state index in [2.05, 4.69) is 0 Å². The van der Waals surface area contributed by atoms with Crippen LogP contribution in [0, 0.1) is 0 Å². The molecule has 1 fully saturated rings. The van der Waals surface area contributed by atoms with Crippen molar-refractivity contribution in [1.29, 1.82) is 0 Å². The number of rotatable bonds is 6. The molecular weight excluding hydrogens is 310 g/mol. The zero-order valence-electron chi connectivity index (χ0n) is 11.5. The topological polar surface area (TPSA) is 59.8 Å². The lowest BCUT2D eigenvalue weighted by atomic mass is 10.3. The molecule has 1 saturated heterocycles. The third-order valence-electron chi connectivity index (χ3n) is 2.70. The Morgan fingerprint density at radius 3 is 3.05 bits per heavy atom. The molecule has 7 heteroatoms. The predicted octanol–water partition coefficient (Wildman–Crippen LogP) is 2.82. The van der Waals surface area contributed by atoms with Gasteiger partial charge >= 0.3 is 5.97 Å². The number of nitrogens with zero attached hydrogens (tertiary/aromatic N) is 1. The largest absolute Gasteiger partial charge is 0.466 e. The molecule has 2 heterocycles. The molecule has 0 atom stereocenters. The van der Waals surface area contributed by atoms with Crippen LogP contribution < -0.4 is 0 Å². The molecule has 0 aromatic carbocycles. The fourth-order valence-corrected chi connectivity index (χ4v) is 2.98. The highest BCUT2D eigenvalue weighted by atomic mass is 32.2. The molecule has 2 rings (SSSR count). The number of ether oxygens (including phenoxy) is 1. The van der Waals surface area contributed by atoms with Gasteiger partial charge in [-0.3, -0.25) is 14.5 Å². The molecule has 1 aliphatic heterocycles. The van der Waals surface area contributed by atoms with E-state index >= 15 is 0 Å². The summed E-state index contributed by atoms with van der Waals surface area (Å²) in [6.07, 6.45) is 4.10. The number of hydrogen-bond acceptors (Lipinski definition) is 6. The van der Waals surface area contributed by atoms with Crippen molar-refractivity contribution >= 4 is 46.3 Å². The molecular formula is C14H15NO4S2. The fraction of sp³-hybridized carbons (Fsp3) is 0.357. The molecule has 0 radical (unpaired) electrons. The predicted molar refractivity (Wildman–Crippen MR) is 84.5 cm³/mol. The number of thioether (sulfide) groups is 1. The lowest BCUT2D eigenvalue weighted by Crippen LogP contribution is -2.30. The molecule has 1 aliphatic rings. The third kappa shape index (κ3) is 4.18. The van der Waals surface area contributed by atoms with Gasteiger partial charge in [0.15, 0.2) is 0 Å². The lowest BCUT2D eigenvalue weighted by molar-refractivity contribution is -0.143. The summed E-state index contributed by atoms with van der Waals surface area (Å²) >= 11 is 6.38. The van der Waals surface area contributed by atoms with Crippen molar-refractivity contribution in [2.24, 2.45) is 0 Å². The number of carbonyl (C=O) groups is 2. The van der Waals surface area contributed by atoms with E-state index in [0.29, 0.717) is 21.6 Å². The van der Waals surface area contributed by atoms with Gasteiger partial charge in [0.05, 0.1) is 24.2 Å². The van der Waals surface area contributed by atoms with Crippen molar-refractivity contribution in [3.63, 3.8) is 0 Å². The quantitative estimate of drug-likeness (QED) is 0.455. The van der Waals surface area contributed by atoms with Crippen molar-refractivity contribution in [3.8, 4) is 0 Å². The Balaban J connectivity index is 1.94. The van der Waals surface area contributed by atoms with Gasteiger partial charge in [-0.05, 0) is 18.6 Å². The highest BCUT2D eigenvalue weighted by Gasteiger charge is 2.32. The molecule has 1 aromatic rings. The van der Waals surface area contributed by atoms with Gasteiger partial charge in [0.1, 0.15) is 10.1 Å². The Morgan fingerprint density at radius 2 is 2.38 bits per heavy atom. The van der Waals surface area contributed by atoms with Gasteiger partial charge in [0.2, 0.25) is 0 Å². The van der Waals surface area contributed by atoms with E-state index in [1.54, 1.807) is 18.2 Å². The summed E-state index contributed by atoms with van der Waals surface area (Å²) in [6, 6.07) is 3.50. The summed E-state index contributed by atoms with van der Waals surface area (Å²) < 4.78 is 10.6. The van der Waals surface area contributed by atoms with Crippen LogP contribution in [-0.4, -0.2) is 34.2 Å². The van der Waals surface area contributed by atoms with Crippen molar-refractivity contribution in [1.82, 2.24) is 4.90 Å². The summed E-state index contributed by atoms with van der Waals surface area (Å²) in [5.74, 6) is 0.0726. The molecule has 1 amide bonds. The Morgan fingerprint density at radius 1 is 1.57 bits per heavy atom. The zero-order chi connectivity index (χ0) is 15.2. The van der Waals surface area contributed by atoms with Gasteiger partial charge in [0, 0.05) is 12.6 Å². The maximum atomic E-state index is 12.2. The van der Waals surface area contributed by atoms with Gasteiger partial charge in [-0.2, -0.15) is 0 Å². The van der Waals surface area contributed by atoms with Crippen LogP contribution in [0.5, 0.6) is 0 Å². The number of esters is 1. The molecule has 0 bridgehead atoms. The molecule has 112 valence electrons. The summed E-state index contributed by atoms with van der Waals surface area (Å²) in [7, 11) is 0. The first-order valence-electron chi connectivity index (χ1n) is 6.56. The van der Waals surface area contributed by atoms with Crippen LogP contribution in [0.3, 0.4) is 0 Å². The Kier molecular flexibility index (Phi) is 5.58. The van der Waals surface area contributed by atoms with E-state index < -0.39 is 0 Å². The van der Waals surface area contributed by atoms with Crippen molar-refractivity contribution < 1.29 is 18.7 Å². The zero-order valence-corrected chi connectivity index (χ0v) is 13.2. The number of thiocarbonyl (C=S) groups is 1. The van der Waals surface area contributed by atoms with Crippen molar-refractivity contribution in [2.75, 3.05) is 13.2 Å². The molecule has 0 spiro atoms.